The number of nitrogens with one attached hydrogen (secondary N) is 2. The van der Waals surface area contributed by atoms with Gasteiger partial charge in [-0.3, -0.25) is 33.6 Å². The molecular formula is C92H116N2O30Si. The van der Waals surface area contributed by atoms with Gasteiger partial charge in [-0.25, -0.2) is 4.79 Å². The lowest BCUT2D eigenvalue weighted by Gasteiger charge is -2.52. The van der Waals surface area contributed by atoms with Gasteiger partial charge in [-0.05, 0) is 46.3 Å². The zero-order chi connectivity index (χ0) is 89.6. The van der Waals surface area contributed by atoms with E-state index in [1.807, 2.05) is 182 Å². The molecular weight excluding hydrogens is 1640 g/mol. The van der Waals surface area contributed by atoms with Gasteiger partial charge in [-0.2, -0.15) is 0 Å². The van der Waals surface area contributed by atoms with Crippen molar-refractivity contribution in [2.45, 2.75) is 261 Å². The highest BCUT2D eigenvalue weighted by Crippen LogP contribution is 2.42. The highest BCUT2D eigenvalue weighted by atomic mass is 28.3. The molecule has 0 aliphatic carbocycles. The molecule has 32 nitrogen and oxygen atoms in total. The summed E-state index contributed by atoms with van der Waals surface area (Å²) in [5.41, 5.74) is 4.62. The van der Waals surface area contributed by atoms with Gasteiger partial charge in [-0.15, -0.1) is 0 Å². The van der Waals surface area contributed by atoms with Gasteiger partial charge in [-0.1, -0.05) is 202 Å². The average molecular weight is 1760 g/mol. The predicted molar refractivity (Wildman–Crippen MR) is 447 cm³/mol. The van der Waals surface area contributed by atoms with Gasteiger partial charge in [0, 0.05) is 62.6 Å². The first-order valence-corrected chi connectivity index (χ1v) is 45.4. The summed E-state index contributed by atoms with van der Waals surface area (Å²) < 4.78 is 134. The minimum Gasteiger partial charge on any atom is -0.465 e. The van der Waals surface area contributed by atoms with E-state index in [1.54, 1.807) is 0 Å². The van der Waals surface area contributed by atoms with E-state index in [1.165, 1.54) is 6.92 Å². The third-order valence-electron chi connectivity index (χ3n) is 20.8. The van der Waals surface area contributed by atoms with E-state index in [-0.39, 0.29) is 59.3 Å². The lowest BCUT2D eigenvalue weighted by Crippen LogP contribution is -2.71. The molecule has 0 aromatic heterocycles. The van der Waals surface area contributed by atoms with Crippen LogP contribution in [-0.4, -0.2) is 235 Å². The lowest BCUT2D eigenvalue weighted by molar-refractivity contribution is -0.389. The van der Waals surface area contributed by atoms with Gasteiger partial charge in [0.2, 0.25) is 11.8 Å². The second kappa shape index (κ2) is 48.3. The van der Waals surface area contributed by atoms with Crippen LogP contribution in [0.1, 0.15) is 101 Å². The number of ketones is 1. The van der Waals surface area contributed by atoms with E-state index in [2.05, 4.69) is 30.3 Å². The van der Waals surface area contributed by atoms with Crippen molar-refractivity contribution < 1.29 is 143 Å². The number of amides is 2. The third-order valence-corrected chi connectivity index (χ3v) is 22.5. The first-order chi connectivity index (χ1) is 60.0. The third kappa shape index (κ3) is 30.0. The molecule has 6 aromatic carbocycles. The molecule has 3 N–H and O–H groups in total. The van der Waals surface area contributed by atoms with E-state index in [4.69, 9.17) is 94.7 Å². The topological polar surface area (TPSA) is 383 Å². The molecule has 6 aromatic rings. The van der Waals surface area contributed by atoms with Crippen molar-refractivity contribution in [3.8, 4) is 0 Å². The lowest BCUT2D eigenvalue weighted by atomic mass is 9.87. The number of benzene rings is 6. The molecule has 21 atom stereocenters. The summed E-state index contributed by atoms with van der Waals surface area (Å²) in [4.78, 5) is 121. The van der Waals surface area contributed by atoms with Crippen LogP contribution in [0, 0.1) is 0 Å². The second-order valence-corrected chi connectivity index (χ2v) is 37.8. The fourth-order valence-electron chi connectivity index (χ4n) is 14.9. The van der Waals surface area contributed by atoms with E-state index in [0.29, 0.717) is 17.7 Å². The molecule has 0 spiro atoms. The molecule has 4 heterocycles. The molecule has 4 fully saturated rings. The quantitative estimate of drug-likeness (QED) is 0.0183. The van der Waals surface area contributed by atoms with Gasteiger partial charge in [0.25, 0.3) is 5.79 Å². The molecule has 0 unspecified atom stereocenters. The summed E-state index contributed by atoms with van der Waals surface area (Å²) in [6, 6.07) is 53.9. The molecule has 0 bridgehead atoms. The van der Waals surface area contributed by atoms with Gasteiger partial charge < -0.3 is 115 Å². The Bertz CT molecular complexity index is 4370. The Morgan fingerprint density at radius 2 is 0.880 bits per heavy atom. The first-order valence-electron chi connectivity index (χ1n) is 41.7. The Hall–Kier alpha value is -9.63. The predicted octanol–water partition coefficient (Wildman–Crippen LogP) is 8.75. The number of hydrogen-bond donors (Lipinski definition) is 3. The number of Topliss-reactive ketones (excluding diaryl/α,β-unsaturated/α-hetero) is 1. The molecule has 2 amide bonds. The molecule has 125 heavy (non-hydrogen) atoms. The maximum atomic E-state index is 15.0. The SMILES string of the molecule is COC(=O)[C@@]1(OC[C@H]2O[C@@H](O[C@H]3[C@H](OCc4ccccc4)[C@@H](OCc4ccccc4)[C@H](O[C@H]4[C@H](OCc5ccccc5)[C@@H](OCc5ccccc5)[C@H](OCC[Si](C)(C)C)O[C@@H]4COCc4ccccc4)O[C@@H]3COCc3ccccc3)[C@H](NC(C)=O)[C@@H](OC(=O)CCC(C)=O)[C@H]2O)C[C@H](OC(C)=O)[C@@H](NC(C)=O)[C@H]([C@H](OC(C)=O)[C@@H](COC(C)=O)OC(C)=O)O1. The van der Waals surface area contributed by atoms with Crippen LogP contribution in [0.3, 0.4) is 0 Å². The Kier molecular flexibility index (Phi) is 37.7. The summed E-state index contributed by atoms with van der Waals surface area (Å²) in [5, 5.41) is 18.5. The van der Waals surface area contributed by atoms with Crippen LogP contribution in [-0.2, 0) is 178 Å². The Balaban J connectivity index is 1.14. The monoisotopic (exact) mass is 1760 g/mol. The zero-order valence-corrected chi connectivity index (χ0v) is 73.3. The van der Waals surface area contributed by atoms with Crippen LogP contribution >= 0.6 is 0 Å². The van der Waals surface area contributed by atoms with Crippen molar-refractivity contribution >= 4 is 61.5 Å². The van der Waals surface area contributed by atoms with E-state index in [9.17, 15) is 43.5 Å². The standard InChI is InChI=1S/C92H116N2O30Si/c1-57(95)42-43-75(102)121-82-77(94-59(3)97)88(118-71(78(82)103)56-114-92(91(104)105-8)46-70(115-61(5)99)76(93-58(2)96)83(124-92)79(117-63(7)101)74(116-62(6)100)55-109-60(4)98)122-80-73(54-107-48-65-32-20-13-21-33-65)120-90(87(113-52-69-40-28-17-29-41-69)85(80)111-50-67-36-24-15-25-37-67)123-81-72(53-106-47-64-30-18-12-19-31-64)119-89(108-44-45-125(9,10)11)86(112-51-68-38-26-16-27-39-68)84(81)110-49-66-34-22-14-23-35-66/h12-41,70-74,76-90,103H,42-56H2,1-11H3,(H,93,96)(H,94,97)/t70-,71+,72+,73+,74+,76+,77+,78-,79+,80+,81+,82+,83+,84-,85-,86+,87+,88-,89+,90-,92+/m0/s1. The average Bonchev–Trinajstić information content (AvgIpc) is 0.750. The Labute approximate surface area is 728 Å². The van der Waals surface area contributed by atoms with Gasteiger partial charge in [0.05, 0.1) is 85.5 Å². The second-order valence-electron chi connectivity index (χ2n) is 32.2. The van der Waals surface area contributed by atoms with Crippen molar-refractivity contribution in [2.24, 2.45) is 0 Å². The summed E-state index contributed by atoms with van der Waals surface area (Å²) in [5.74, 6) is -11.2. The van der Waals surface area contributed by atoms with Crippen molar-refractivity contribution in [1.82, 2.24) is 10.6 Å². The van der Waals surface area contributed by atoms with Crippen LogP contribution in [0.2, 0.25) is 25.7 Å². The van der Waals surface area contributed by atoms with Crippen LogP contribution in [0.4, 0.5) is 0 Å². The first kappa shape index (κ1) is 97.6. The fraction of sp³-hybridized carbons (Fsp3) is 0.511. The maximum absolute atomic E-state index is 15.0. The number of hydrogen-bond acceptors (Lipinski definition) is 30. The molecule has 678 valence electrons. The number of aliphatic hydroxyl groups excluding tert-OH is 1. The summed E-state index contributed by atoms with van der Waals surface area (Å²) in [6.45, 7) is 12.2. The summed E-state index contributed by atoms with van der Waals surface area (Å²) in [7, 11) is -0.816. The molecule has 10 rings (SSSR count). The van der Waals surface area contributed by atoms with Crippen molar-refractivity contribution in [1.29, 1.82) is 0 Å². The number of aliphatic hydroxyl groups is 1. The molecule has 33 heteroatoms. The van der Waals surface area contributed by atoms with E-state index >= 15 is 4.79 Å². The van der Waals surface area contributed by atoms with Gasteiger partial charge in [0.1, 0.15) is 91.7 Å². The van der Waals surface area contributed by atoms with Crippen LogP contribution in [0.15, 0.2) is 182 Å². The smallest absolute Gasteiger partial charge is 0.366 e. The summed E-state index contributed by atoms with van der Waals surface area (Å²) >= 11 is 0. The van der Waals surface area contributed by atoms with Crippen LogP contribution in [0.5, 0.6) is 0 Å². The van der Waals surface area contributed by atoms with Crippen molar-refractivity contribution in [2.75, 3.05) is 40.1 Å². The largest absolute Gasteiger partial charge is 0.465 e. The molecule has 4 aliphatic rings. The van der Waals surface area contributed by atoms with Crippen molar-refractivity contribution in [3.05, 3.63) is 215 Å². The molecule has 4 saturated heterocycles. The number of methoxy groups -OCH3 is 1. The van der Waals surface area contributed by atoms with Gasteiger partial charge in [0.15, 0.2) is 37.2 Å². The molecule has 4 aliphatic heterocycles. The van der Waals surface area contributed by atoms with Gasteiger partial charge >= 0.3 is 35.8 Å². The number of carbonyl (C=O) groups excluding carboxylic acids is 9. The number of ether oxygens (including phenoxy) is 20. The molecule has 0 radical (unpaired) electrons. The van der Waals surface area contributed by atoms with Crippen LogP contribution < -0.4 is 10.6 Å². The number of rotatable bonds is 45. The normalized spacial score (nSPS) is 26.6. The maximum Gasteiger partial charge on any atom is 0.366 e. The molecule has 0 saturated carbocycles. The van der Waals surface area contributed by atoms with E-state index in [0.717, 1.165) is 77.0 Å². The highest BCUT2D eigenvalue weighted by Gasteiger charge is 2.62. The fourth-order valence-corrected chi connectivity index (χ4v) is 15.6. The minimum absolute atomic E-state index is 0.0139. The van der Waals surface area contributed by atoms with E-state index < -0.39 is 216 Å². The summed E-state index contributed by atoms with van der Waals surface area (Å²) in [6.07, 6.45) is -30.2. The number of carbonyl (C=O) groups is 9. The number of esters is 6. The van der Waals surface area contributed by atoms with Crippen molar-refractivity contribution in [3.63, 3.8) is 0 Å². The minimum atomic E-state index is -2.93. The van der Waals surface area contributed by atoms with Crippen LogP contribution in [0.25, 0.3) is 0 Å². The Morgan fingerprint density at radius 1 is 0.456 bits per heavy atom. The zero-order valence-electron chi connectivity index (χ0n) is 72.3. The Morgan fingerprint density at radius 3 is 1.30 bits per heavy atom. The highest BCUT2D eigenvalue weighted by molar-refractivity contribution is 6.76.